The zero-order chi connectivity index (χ0) is 24.0. The number of ether oxygens (including phenoxy) is 2. The van der Waals surface area contributed by atoms with E-state index in [9.17, 15) is 9.90 Å². The maximum atomic E-state index is 13.3. The quantitative estimate of drug-likeness (QED) is 0.377. The standard InChI is InChI=1S/C30H38O4/c1-15-9-7-11-19-13-29-21(18(4)26(32)34-29)23(27(15,19)5)24-17(3)22-25(31)28(6)16(2)10-8-12-20(28)14-30(22,29)33-24/h12-13,15-16,23-25,31H,7-11,14H2,1-6H3. The van der Waals surface area contributed by atoms with Crippen molar-refractivity contribution in [3.63, 3.8) is 0 Å². The minimum atomic E-state index is -0.932. The van der Waals surface area contributed by atoms with Gasteiger partial charge in [0.05, 0.1) is 12.2 Å². The van der Waals surface area contributed by atoms with Gasteiger partial charge < -0.3 is 14.6 Å². The van der Waals surface area contributed by atoms with E-state index in [-0.39, 0.29) is 28.8 Å². The molecular weight excluding hydrogens is 424 g/mol. The molecule has 9 unspecified atom stereocenters. The van der Waals surface area contributed by atoms with Gasteiger partial charge in [0.15, 0.2) is 5.60 Å². The van der Waals surface area contributed by atoms with Gasteiger partial charge in [0.2, 0.25) is 0 Å². The second kappa shape index (κ2) is 6.18. The molecule has 4 bridgehead atoms. The summed E-state index contributed by atoms with van der Waals surface area (Å²) in [6, 6.07) is 0. The van der Waals surface area contributed by atoms with Gasteiger partial charge in [0.1, 0.15) is 5.60 Å². The Kier molecular flexibility index (Phi) is 3.93. The number of hydrogen-bond donors (Lipinski definition) is 1. The number of rotatable bonds is 0. The summed E-state index contributed by atoms with van der Waals surface area (Å²) in [6.45, 7) is 13.5. The third-order valence-electron chi connectivity index (χ3n) is 12.0. The molecule has 0 aromatic carbocycles. The molecule has 0 radical (unpaired) electrons. The molecule has 1 spiro atoms. The van der Waals surface area contributed by atoms with Crippen molar-refractivity contribution in [2.45, 2.75) is 103 Å². The fourth-order valence-corrected chi connectivity index (χ4v) is 9.65. The molecule has 9 atom stereocenters. The van der Waals surface area contributed by atoms with Crippen LogP contribution in [0.15, 0.2) is 45.6 Å². The van der Waals surface area contributed by atoms with E-state index >= 15 is 0 Å². The first kappa shape index (κ1) is 21.6. The van der Waals surface area contributed by atoms with Crippen molar-refractivity contribution in [3.8, 4) is 0 Å². The third-order valence-corrected chi connectivity index (χ3v) is 12.0. The van der Waals surface area contributed by atoms with Gasteiger partial charge in [-0.3, -0.25) is 0 Å². The van der Waals surface area contributed by atoms with Crippen LogP contribution in [-0.2, 0) is 14.3 Å². The Morgan fingerprint density at radius 2 is 1.76 bits per heavy atom. The number of aliphatic hydroxyl groups excluding tert-OH is 1. The second-order valence-corrected chi connectivity index (χ2v) is 12.9. The van der Waals surface area contributed by atoms with E-state index in [4.69, 9.17) is 9.47 Å². The Hall–Kier alpha value is -1.65. The average Bonchev–Trinajstić information content (AvgIpc) is 3.21. The fraction of sp³-hybridized carbons (Fsp3) is 0.700. The van der Waals surface area contributed by atoms with Crippen molar-refractivity contribution < 1.29 is 19.4 Å². The third kappa shape index (κ3) is 1.96. The van der Waals surface area contributed by atoms with Crippen molar-refractivity contribution >= 4 is 5.97 Å². The van der Waals surface area contributed by atoms with Crippen molar-refractivity contribution in [2.75, 3.05) is 0 Å². The maximum absolute atomic E-state index is 13.3. The zero-order valence-electron chi connectivity index (χ0n) is 21.5. The molecule has 1 N–H and O–H groups in total. The molecule has 4 nitrogen and oxygen atoms in total. The highest BCUT2D eigenvalue weighted by atomic mass is 16.6. The molecule has 1 saturated heterocycles. The topological polar surface area (TPSA) is 55.8 Å². The maximum Gasteiger partial charge on any atom is 0.335 e. The summed E-state index contributed by atoms with van der Waals surface area (Å²) in [5.74, 6) is 0.755. The van der Waals surface area contributed by atoms with Crippen LogP contribution in [0.25, 0.3) is 0 Å². The summed E-state index contributed by atoms with van der Waals surface area (Å²) >= 11 is 0. The zero-order valence-corrected chi connectivity index (χ0v) is 21.5. The first-order valence-electron chi connectivity index (χ1n) is 13.5. The van der Waals surface area contributed by atoms with Crippen LogP contribution < -0.4 is 0 Å². The van der Waals surface area contributed by atoms with Crippen LogP contribution in [-0.4, -0.2) is 34.5 Å². The molecule has 3 aliphatic heterocycles. The first-order valence-corrected chi connectivity index (χ1v) is 13.5. The Labute approximate surface area is 203 Å². The summed E-state index contributed by atoms with van der Waals surface area (Å²) in [5.41, 5.74) is 4.72. The van der Waals surface area contributed by atoms with Crippen molar-refractivity contribution in [1.82, 2.24) is 0 Å². The summed E-state index contributed by atoms with van der Waals surface area (Å²) in [4.78, 5) is 13.3. The van der Waals surface area contributed by atoms with Crippen molar-refractivity contribution in [1.29, 1.82) is 0 Å². The van der Waals surface area contributed by atoms with E-state index in [2.05, 4.69) is 46.8 Å². The molecule has 0 amide bonds. The number of allylic oxidation sites excluding steroid dienone is 2. The Bertz CT molecular complexity index is 1170. The van der Waals surface area contributed by atoms with Gasteiger partial charge in [-0.1, -0.05) is 44.9 Å². The summed E-state index contributed by atoms with van der Waals surface area (Å²) in [6.07, 6.45) is 10.2. The number of carbonyl (C=O) groups is 1. The molecule has 4 aliphatic carbocycles. The van der Waals surface area contributed by atoms with Crippen LogP contribution in [0.2, 0.25) is 0 Å². The highest BCUT2D eigenvalue weighted by Crippen LogP contribution is 2.74. The van der Waals surface area contributed by atoms with E-state index in [1.807, 2.05) is 6.92 Å². The van der Waals surface area contributed by atoms with Gasteiger partial charge in [-0.05, 0) is 80.6 Å². The summed E-state index contributed by atoms with van der Waals surface area (Å²) in [7, 11) is 0. The normalized spacial score (nSPS) is 52.9. The van der Waals surface area contributed by atoms with E-state index in [0.717, 1.165) is 36.0 Å². The SMILES string of the molecule is CC1=C2C3C4OC5(CC6=CCCC(C)C6(C)C(O)C5=C4C)C2(C=C2CCCC(C)C23C)OC1=O. The minimum Gasteiger partial charge on any atom is -0.443 e. The van der Waals surface area contributed by atoms with E-state index < -0.39 is 17.3 Å². The molecule has 0 aromatic heterocycles. The van der Waals surface area contributed by atoms with E-state index in [1.165, 1.54) is 29.6 Å². The number of carbonyl (C=O) groups excluding carboxylic acids is 1. The van der Waals surface area contributed by atoms with Crippen LogP contribution >= 0.6 is 0 Å². The average molecular weight is 463 g/mol. The van der Waals surface area contributed by atoms with Crippen molar-refractivity contribution in [2.24, 2.45) is 28.6 Å². The number of fused-ring (bicyclic) bond motifs is 5. The number of esters is 1. The number of aliphatic hydroxyl groups is 1. The number of hydrogen-bond acceptors (Lipinski definition) is 4. The molecular formula is C30H38O4. The Morgan fingerprint density at radius 3 is 2.53 bits per heavy atom. The van der Waals surface area contributed by atoms with Crippen LogP contribution in [0.3, 0.4) is 0 Å². The largest absolute Gasteiger partial charge is 0.443 e. The predicted molar refractivity (Wildman–Crippen MR) is 130 cm³/mol. The minimum absolute atomic E-state index is 0.0674. The lowest BCUT2D eigenvalue weighted by Gasteiger charge is -2.64. The second-order valence-electron chi connectivity index (χ2n) is 12.9. The Balaban J connectivity index is 1.57. The lowest BCUT2D eigenvalue weighted by Crippen LogP contribution is -2.70. The lowest BCUT2D eigenvalue weighted by molar-refractivity contribution is -0.213. The van der Waals surface area contributed by atoms with Gasteiger partial charge in [-0.15, -0.1) is 0 Å². The molecule has 7 aliphatic rings. The van der Waals surface area contributed by atoms with Crippen molar-refractivity contribution in [3.05, 3.63) is 45.6 Å². The van der Waals surface area contributed by atoms with E-state index in [1.54, 1.807) is 0 Å². The molecule has 182 valence electrons. The summed E-state index contributed by atoms with van der Waals surface area (Å²) in [5, 5.41) is 12.2. The van der Waals surface area contributed by atoms with Gasteiger partial charge >= 0.3 is 5.97 Å². The molecule has 3 fully saturated rings. The van der Waals surface area contributed by atoms with Crippen LogP contribution in [0.5, 0.6) is 0 Å². The molecule has 4 heteroatoms. The molecule has 2 saturated carbocycles. The smallest absolute Gasteiger partial charge is 0.335 e. The fourth-order valence-electron chi connectivity index (χ4n) is 9.65. The van der Waals surface area contributed by atoms with Crippen LogP contribution in [0.4, 0.5) is 0 Å². The predicted octanol–water partition coefficient (Wildman–Crippen LogP) is 5.58. The van der Waals surface area contributed by atoms with Gasteiger partial charge in [0, 0.05) is 28.7 Å². The molecule has 0 aromatic rings. The van der Waals surface area contributed by atoms with Crippen LogP contribution in [0, 0.1) is 28.6 Å². The Morgan fingerprint density at radius 1 is 1.03 bits per heavy atom. The molecule has 3 heterocycles. The van der Waals surface area contributed by atoms with Gasteiger partial charge in [0.25, 0.3) is 0 Å². The lowest BCUT2D eigenvalue weighted by atomic mass is 9.46. The molecule has 7 rings (SSSR count). The van der Waals surface area contributed by atoms with Crippen LogP contribution in [0.1, 0.15) is 80.1 Å². The van der Waals surface area contributed by atoms with E-state index in [0.29, 0.717) is 18.3 Å². The first-order chi connectivity index (χ1) is 16.0. The monoisotopic (exact) mass is 462 g/mol. The van der Waals surface area contributed by atoms with Gasteiger partial charge in [-0.25, -0.2) is 4.79 Å². The highest BCUT2D eigenvalue weighted by Gasteiger charge is 2.78. The summed E-state index contributed by atoms with van der Waals surface area (Å²) < 4.78 is 13.7. The molecule has 34 heavy (non-hydrogen) atoms. The highest BCUT2D eigenvalue weighted by molar-refractivity contribution is 5.95. The van der Waals surface area contributed by atoms with Gasteiger partial charge in [-0.2, -0.15) is 0 Å².